The van der Waals surface area contributed by atoms with Crippen molar-refractivity contribution in [2.24, 2.45) is 0 Å². The maximum Gasteiger partial charge on any atom is 0.376 e. The van der Waals surface area contributed by atoms with Crippen LogP contribution in [0.3, 0.4) is 0 Å². The highest BCUT2D eigenvalue weighted by Crippen LogP contribution is 2.40. The molecule has 7 heteroatoms. The fourth-order valence-corrected chi connectivity index (χ4v) is 4.44. The average Bonchev–Trinajstić information content (AvgIpc) is 2.91. The van der Waals surface area contributed by atoms with Crippen LogP contribution in [0.2, 0.25) is 0 Å². The van der Waals surface area contributed by atoms with Gasteiger partial charge in [-0.25, -0.2) is 9.78 Å². The van der Waals surface area contributed by atoms with Gasteiger partial charge in [0.15, 0.2) is 0 Å². The van der Waals surface area contributed by atoms with Crippen molar-refractivity contribution in [3.8, 4) is 11.5 Å². The van der Waals surface area contributed by atoms with Crippen molar-refractivity contribution in [1.29, 1.82) is 0 Å². The van der Waals surface area contributed by atoms with Gasteiger partial charge in [-0.3, -0.25) is 0 Å². The van der Waals surface area contributed by atoms with E-state index in [1.807, 2.05) is 26.8 Å². The van der Waals surface area contributed by atoms with Gasteiger partial charge in [0.1, 0.15) is 5.69 Å². The van der Waals surface area contributed by atoms with Gasteiger partial charge in [0.25, 0.3) is 0 Å². The van der Waals surface area contributed by atoms with Crippen molar-refractivity contribution in [2.45, 2.75) is 26.2 Å². The molecule has 0 bridgehead atoms. The third-order valence-electron chi connectivity index (χ3n) is 2.60. The Hall–Kier alpha value is -0.660. The summed E-state index contributed by atoms with van der Waals surface area (Å²) >= 11 is 8.40. The Morgan fingerprint density at radius 1 is 1.40 bits per heavy atom. The number of carbonyl (C=O) groups excluding carboxylic acids is 1. The number of hydrogen-bond donors (Lipinski definition) is 0. The van der Waals surface area contributed by atoms with Crippen LogP contribution >= 0.6 is 43.2 Å². The summed E-state index contributed by atoms with van der Waals surface area (Å²) < 4.78 is 12.3. The monoisotopic (exact) mass is 421 g/mol. The molecule has 0 unspecified atom stereocenters. The van der Waals surface area contributed by atoms with E-state index in [1.54, 1.807) is 0 Å². The van der Waals surface area contributed by atoms with E-state index in [-0.39, 0.29) is 11.2 Å². The van der Waals surface area contributed by atoms with Crippen LogP contribution in [0.15, 0.2) is 18.1 Å². The van der Waals surface area contributed by atoms with E-state index in [0.29, 0.717) is 11.6 Å². The first kappa shape index (κ1) is 15.7. The number of hydrogen-bond acceptors (Lipinski definition) is 5. The van der Waals surface area contributed by atoms with Gasteiger partial charge in [-0.2, -0.15) is 0 Å². The summed E-state index contributed by atoms with van der Waals surface area (Å²) in [6.07, 6.45) is 0. The molecule has 20 heavy (non-hydrogen) atoms. The third kappa shape index (κ3) is 2.99. The molecule has 0 atom stereocenters. The SMILES string of the molecule is COC(=O)c1oc(-c2cc(Br)sc2Br)nc1C(C)(C)C. The number of methoxy groups -OCH3 is 1. The Labute approximate surface area is 137 Å². The minimum Gasteiger partial charge on any atom is -0.463 e. The smallest absolute Gasteiger partial charge is 0.376 e. The van der Waals surface area contributed by atoms with Crippen molar-refractivity contribution < 1.29 is 13.9 Å². The Kier molecular flexibility index (Phi) is 4.41. The molecule has 0 aliphatic heterocycles. The van der Waals surface area contributed by atoms with Gasteiger partial charge < -0.3 is 9.15 Å². The molecular formula is C13H13Br2NO3S. The van der Waals surface area contributed by atoms with Gasteiger partial charge in [0.2, 0.25) is 11.7 Å². The van der Waals surface area contributed by atoms with Crippen LogP contribution in [-0.4, -0.2) is 18.1 Å². The number of thiophene rings is 1. The molecule has 4 nitrogen and oxygen atoms in total. The summed E-state index contributed by atoms with van der Waals surface area (Å²) in [6, 6.07) is 1.90. The van der Waals surface area contributed by atoms with E-state index >= 15 is 0 Å². The second-order valence-corrected chi connectivity index (χ2v) is 8.93. The topological polar surface area (TPSA) is 52.3 Å². The lowest BCUT2D eigenvalue weighted by Crippen LogP contribution is -2.17. The molecule has 0 fully saturated rings. The summed E-state index contributed by atoms with van der Waals surface area (Å²) in [6.45, 7) is 5.92. The number of esters is 1. The first-order valence-electron chi connectivity index (χ1n) is 5.79. The Balaban J connectivity index is 2.60. The normalized spacial score (nSPS) is 11.7. The molecule has 0 amide bonds. The molecule has 2 heterocycles. The highest BCUT2D eigenvalue weighted by molar-refractivity contribution is 9.12. The molecule has 2 aromatic rings. The van der Waals surface area contributed by atoms with Gasteiger partial charge in [-0.1, -0.05) is 20.8 Å². The minimum atomic E-state index is -0.515. The van der Waals surface area contributed by atoms with Crippen LogP contribution in [0.4, 0.5) is 0 Å². The standard InChI is InChI=1S/C13H13Br2NO3S/c1-13(2,3)9-8(12(17)18-4)19-11(16-9)6-5-7(14)20-10(6)15/h5H,1-4H3. The van der Waals surface area contributed by atoms with Gasteiger partial charge in [0.05, 0.1) is 20.2 Å². The molecule has 0 spiro atoms. The minimum absolute atomic E-state index is 0.157. The number of ether oxygens (including phenoxy) is 1. The van der Waals surface area contributed by atoms with Crippen LogP contribution in [0.1, 0.15) is 37.0 Å². The molecule has 0 radical (unpaired) electrons. The number of oxazole rings is 1. The quantitative estimate of drug-likeness (QED) is 0.638. The maximum atomic E-state index is 11.8. The van der Waals surface area contributed by atoms with Crippen molar-refractivity contribution >= 4 is 49.2 Å². The van der Waals surface area contributed by atoms with E-state index in [9.17, 15) is 4.79 Å². The first-order valence-corrected chi connectivity index (χ1v) is 8.19. The van der Waals surface area contributed by atoms with Crippen LogP contribution in [-0.2, 0) is 10.2 Å². The molecular weight excluding hydrogens is 410 g/mol. The zero-order valence-electron chi connectivity index (χ0n) is 11.4. The molecule has 0 aromatic carbocycles. The second kappa shape index (κ2) is 5.61. The number of halogens is 2. The van der Waals surface area contributed by atoms with E-state index in [0.717, 1.165) is 13.1 Å². The van der Waals surface area contributed by atoms with Crippen LogP contribution in [0.25, 0.3) is 11.5 Å². The Morgan fingerprint density at radius 3 is 2.50 bits per heavy atom. The van der Waals surface area contributed by atoms with Gasteiger partial charge in [0, 0.05) is 5.41 Å². The first-order chi connectivity index (χ1) is 9.24. The molecule has 0 aliphatic rings. The largest absolute Gasteiger partial charge is 0.463 e. The van der Waals surface area contributed by atoms with Gasteiger partial charge in [-0.05, 0) is 37.9 Å². The van der Waals surface area contributed by atoms with E-state index in [1.165, 1.54) is 18.4 Å². The molecule has 0 N–H and O–H groups in total. The summed E-state index contributed by atoms with van der Waals surface area (Å²) in [5, 5.41) is 0. The number of carbonyl (C=O) groups is 1. The zero-order valence-corrected chi connectivity index (χ0v) is 15.4. The lowest BCUT2D eigenvalue weighted by molar-refractivity contribution is 0.0562. The van der Waals surface area contributed by atoms with Crippen molar-refractivity contribution in [3.05, 3.63) is 25.1 Å². The Bertz CT molecular complexity index is 655. The third-order valence-corrected chi connectivity index (χ3v) is 4.93. The molecule has 0 saturated heterocycles. The highest BCUT2D eigenvalue weighted by atomic mass is 79.9. The molecule has 108 valence electrons. The highest BCUT2D eigenvalue weighted by Gasteiger charge is 2.30. The summed E-state index contributed by atoms with van der Waals surface area (Å²) in [5.41, 5.74) is 1.08. The second-order valence-electron chi connectivity index (χ2n) is 5.18. The van der Waals surface area contributed by atoms with E-state index < -0.39 is 5.97 Å². The van der Waals surface area contributed by atoms with Crippen molar-refractivity contribution in [1.82, 2.24) is 4.98 Å². The van der Waals surface area contributed by atoms with E-state index in [2.05, 4.69) is 36.8 Å². The Morgan fingerprint density at radius 2 is 2.05 bits per heavy atom. The van der Waals surface area contributed by atoms with Crippen molar-refractivity contribution in [2.75, 3.05) is 7.11 Å². The number of rotatable bonds is 2. The number of nitrogens with zero attached hydrogens (tertiary/aromatic N) is 1. The summed E-state index contributed by atoms with van der Waals surface area (Å²) in [7, 11) is 1.33. The fourth-order valence-electron chi connectivity index (χ4n) is 1.66. The fraction of sp³-hybridized carbons (Fsp3) is 0.385. The van der Waals surface area contributed by atoms with Crippen LogP contribution < -0.4 is 0 Å². The lowest BCUT2D eigenvalue weighted by Gasteiger charge is -2.15. The summed E-state index contributed by atoms with van der Waals surface area (Å²) in [4.78, 5) is 16.3. The van der Waals surface area contributed by atoms with Crippen molar-refractivity contribution in [3.63, 3.8) is 0 Å². The number of aromatic nitrogens is 1. The molecule has 0 aliphatic carbocycles. The predicted octanol–water partition coefficient (Wildman–Crippen LogP) is 5.01. The molecule has 2 rings (SSSR count). The average molecular weight is 423 g/mol. The zero-order chi connectivity index (χ0) is 15.1. The summed E-state index contributed by atoms with van der Waals surface area (Å²) in [5.74, 6) is 0.0486. The maximum absolute atomic E-state index is 11.8. The van der Waals surface area contributed by atoms with Gasteiger partial charge >= 0.3 is 5.97 Å². The molecule has 0 saturated carbocycles. The lowest BCUT2D eigenvalue weighted by atomic mass is 9.91. The van der Waals surface area contributed by atoms with Crippen LogP contribution in [0, 0.1) is 0 Å². The molecule has 2 aromatic heterocycles. The van der Waals surface area contributed by atoms with Crippen LogP contribution in [0.5, 0.6) is 0 Å². The predicted molar refractivity (Wildman–Crippen MR) is 85.3 cm³/mol. The van der Waals surface area contributed by atoms with Gasteiger partial charge in [-0.15, -0.1) is 11.3 Å². The van der Waals surface area contributed by atoms with E-state index in [4.69, 9.17) is 9.15 Å².